The summed E-state index contributed by atoms with van der Waals surface area (Å²) in [6.45, 7) is 11.7. The second-order valence-electron chi connectivity index (χ2n) is 14.6. The highest BCUT2D eigenvalue weighted by molar-refractivity contribution is 5.94. The van der Waals surface area contributed by atoms with Crippen LogP contribution in [0.4, 0.5) is 0 Å². The van der Waals surface area contributed by atoms with Gasteiger partial charge in [0, 0.05) is 41.8 Å². The Bertz CT molecular complexity index is 1270. The number of esters is 1. The predicted molar refractivity (Wildman–Crippen MR) is 160 cm³/mol. The Morgan fingerprint density at radius 3 is 2.54 bits per heavy atom. The van der Waals surface area contributed by atoms with E-state index in [-0.39, 0.29) is 58.3 Å². The van der Waals surface area contributed by atoms with Crippen LogP contribution in [0, 0.1) is 34.0 Å². The van der Waals surface area contributed by atoms with Gasteiger partial charge in [-0.05, 0) is 87.6 Å². The van der Waals surface area contributed by atoms with Crippen molar-refractivity contribution in [2.24, 2.45) is 34.0 Å². The SMILES string of the molecule is CC(=O)O[C@@H]1C[C@@]2(C)[C@@H]3C[C@@H]4OC[C@@]5(C)C4C(=CC3=CC[C@]2(C)[C@H]1[C@H](C)N(C)C)CC[C@@H]5NC(=O)c1ccccc1. The van der Waals surface area contributed by atoms with Crippen LogP contribution in [0.3, 0.4) is 0 Å². The summed E-state index contributed by atoms with van der Waals surface area (Å²) in [5.41, 5.74) is 3.48. The van der Waals surface area contributed by atoms with Crippen LogP contribution in [0.2, 0.25) is 0 Å². The zero-order valence-electron chi connectivity index (χ0n) is 25.9. The maximum atomic E-state index is 13.2. The van der Waals surface area contributed by atoms with E-state index in [0.717, 1.165) is 32.1 Å². The quantitative estimate of drug-likeness (QED) is 0.462. The summed E-state index contributed by atoms with van der Waals surface area (Å²) >= 11 is 0. The fourth-order valence-corrected chi connectivity index (χ4v) is 9.92. The molecule has 6 nitrogen and oxygen atoms in total. The number of hydrogen-bond donors (Lipinski definition) is 1. The number of rotatable bonds is 5. The van der Waals surface area contributed by atoms with Crippen molar-refractivity contribution in [3.05, 3.63) is 59.2 Å². The van der Waals surface area contributed by atoms with Crippen LogP contribution < -0.4 is 5.32 Å². The van der Waals surface area contributed by atoms with E-state index < -0.39 is 0 Å². The summed E-state index contributed by atoms with van der Waals surface area (Å²) in [5, 5.41) is 3.41. The van der Waals surface area contributed by atoms with Crippen molar-refractivity contribution in [3.63, 3.8) is 0 Å². The van der Waals surface area contributed by atoms with Gasteiger partial charge in [0.2, 0.25) is 0 Å². The number of nitrogens with one attached hydrogen (secondary N) is 1. The average Bonchev–Trinajstić information content (AvgIpc) is 3.30. The minimum atomic E-state index is -0.183. The van der Waals surface area contributed by atoms with E-state index in [1.165, 1.54) is 11.1 Å². The summed E-state index contributed by atoms with van der Waals surface area (Å²) in [4.78, 5) is 27.8. The van der Waals surface area contributed by atoms with Crippen molar-refractivity contribution >= 4 is 11.9 Å². The van der Waals surface area contributed by atoms with Gasteiger partial charge in [0.1, 0.15) is 6.10 Å². The molecule has 3 fully saturated rings. The maximum Gasteiger partial charge on any atom is 0.302 e. The molecular formula is C35H48N2O4. The fourth-order valence-electron chi connectivity index (χ4n) is 9.92. The number of carbonyl (C=O) groups excluding carboxylic acids is 2. The maximum absolute atomic E-state index is 13.2. The van der Waals surface area contributed by atoms with Gasteiger partial charge in [-0.2, -0.15) is 0 Å². The number of allylic oxidation sites excluding steroid dienone is 3. The van der Waals surface area contributed by atoms with Crippen LogP contribution in [0.1, 0.15) is 77.1 Å². The van der Waals surface area contributed by atoms with E-state index in [0.29, 0.717) is 24.0 Å². The molecule has 0 spiro atoms. The largest absolute Gasteiger partial charge is 0.462 e. The second-order valence-corrected chi connectivity index (χ2v) is 14.6. The zero-order chi connectivity index (χ0) is 29.3. The molecule has 10 atom stereocenters. The number of hydrogen-bond acceptors (Lipinski definition) is 5. The highest BCUT2D eigenvalue weighted by Gasteiger charge is 2.67. The Kier molecular flexibility index (Phi) is 7.05. The number of benzene rings is 1. The molecule has 0 radical (unpaired) electrons. The van der Waals surface area contributed by atoms with Gasteiger partial charge in [-0.15, -0.1) is 0 Å². The molecule has 1 unspecified atom stereocenters. The van der Waals surface area contributed by atoms with Gasteiger partial charge in [-0.1, -0.05) is 56.7 Å². The molecule has 1 aliphatic heterocycles. The van der Waals surface area contributed by atoms with E-state index in [1.54, 1.807) is 6.92 Å². The number of ether oxygens (including phenoxy) is 2. The summed E-state index contributed by atoms with van der Waals surface area (Å²) in [6, 6.07) is 9.90. The van der Waals surface area contributed by atoms with E-state index in [2.05, 4.69) is 64.2 Å². The normalized spacial score (nSPS) is 41.8. The molecule has 0 bridgehead atoms. The van der Waals surface area contributed by atoms with Gasteiger partial charge in [-0.3, -0.25) is 9.59 Å². The summed E-state index contributed by atoms with van der Waals surface area (Å²) in [5.74, 6) is 0.694. The van der Waals surface area contributed by atoms with Crippen LogP contribution in [-0.4, -0.2) is 61.8 Å². The fraction of sp³-hybridized carbons (Fsp3) is 0.657. The highest BCUT2D eigenvalue weighted by Crippen LogP contribution is 2.69. The first kappa shape index (κ1) is 28.7. The van der Waals surface area contributed by atoms with Crippen LogP contribution in [-0.2, 0) is 14.3 Å². The molecule has 41 heavy (non-hydrogen) atoms. The standard InChI is InChI=1S/C35H48N2O4/c1-21(37(6)7)30-28(41-22(2)38)19-35(5)26-18-27-31-25(17-24(26)15-16-34(30,35)4)13-14-29(33(31,3)20-40-27)36-32(39)23-11-9-8-10-12-23/h8-12,15,17,21,26-31H,13-14,16,18-20H2,1-7H3,(H,36,39)/t21-,26+,27-,28+,29-,30-,31?,33+,34+,35-/m0/s1. The Labute approximate surface area is 245 Å². The molecule has 6 heteroatoms. The molecule has 1 aromatic carbocycles. The van der Waals surface area contributed by atoms with Crippen LogP contribution in [0.25, 0.3) is 0 Å². The predicted octanol–water partition coefficient (Wildman–Crippen LogP) is 5.79. The first-order valence-corrected chi connectivity index (χ1v) is 15.6. The summed E-state index contributed by atoms with van der Waals surface area (Å²) in [7, 11) is 4.28. The van der Waals surface area contributed by atoms with Crippen LogP contribution in [0.15, 0.2) is 53.6 Å². The number of fused-ring (bicyclic) bond motifs is 3. The molecule has 1 saturated heterocycles. The van der Waals surface area contributed by atoms with Crippen molar-refractivity contribution < 1.29 is 19.1 Å². The number of nitrogens with zero attached hydrogens (tertiary/aromatic N) is 1. The molecular weight excluding hydrogens is 512 g/mol. The molecule has 222 valence electrons. The third kappa shape index (κ3) is 4.34. The van der Waals surface area contributed by atoms with Crippen LogP contribution >= 0.6 is 0 Å². The van der Waals surface area contributed by atoms with Gasteiger partial charge in [0.15, 0.2) is 0 Å². The molecule has 2 saturated carbocycles. The van der Waals surface area contributed by atoms with Crippen molar-refractivity contribution in [2.75, 3.05) is 20.7 Å². The molecule has 1 N–H and O–H groups in total. The second kappa shape index (κ2) is 10.1. The lowest BCUT2D eigenvalue weighted by atomic mass is 9.51. The first-order valence-electron chi connectivity index (χ1n) is 15.6. The minimum Gasteiger partial charge on any atom is -0.462 e. The minimum absolute atomic E-state index is 0.00417. The van der Waals surface area contributed by atoms with E-state index in [1.807, 2.05) is 30.3 Å². The zero-order valence-corrected chi connectivity index (χ0v) is 25.9. The van der Waals surface area contributed by atoms with E-state index >= 15 is 0 Å². The number of carbonyl (C=O) groups is 2. The van der Waals surface area contributed by atoms with Gasteiger partial charge < -0.3 is 19.7 Å². The smallest absolute Gasteiger partial charge is 0.302 e. The van der Waals surface area contributed by atoms with Gasteiger partial charge >= 0.3 is 5.97 Å². The summed E-state index contributed by atoms with van der Waals surface area (Å²) in [6.07, 6.45) is 9.79. The van der Waals surface area contributed by atoms with Crippen molar-refractivity contribution in [1.82, 2.24) is 10.2 Å². The molecule has 5 aliphatic rings. The van der Waals surface area contributed by atoms with Gasteiger partial charge in [0.05, 0.1) is 12.7 Å². The lowest BCUT2D eigenvalue weighted by Gasteiger charge is -2.53. The Morgan fingerprint density at radius 2 is 1.85 bits per heavy atom. The Balaban J connectivity index is 1.32. The van der Waals surface area contributed by atoms with Crippen molar-refractivity contribution in [3.8, 4) is 0 Å². The first-order chi connectivity index (χ1) is 19.4. The highest BCUT2D eigenvalue weighted by atomic mass is 16.5. The monoisotopic (exact) mass is 560 g/mol. The topological polar surface area (TPSA) is 67.9 Å². The molecule has 0 aromatic heterocycles. The molecule has 1 aromatic rings. The molecule has 4 aliphatic carbocycles. The Hall–Kier alpha value is -2.44. The van der Waals surface area contributed by atoms with Crippen LogP contribution in [0.5, 0.6) is 0 Å². The van der Waals surface area contributed by atoms with Crippen molar-refractivity contribution in [1.29, 1.82) is 0 Å². The molecule has 1 amide bonds. The van der Waals surface area contributed by atoms with Crippen molar-refractivity contribution in [2.45, 2.75) is 91.0 Å². The van der Waals surface area contributed by atoms with Gasteiger partial charge in [-0.25, -0.2) is 0 Å². The summed E-state index contributed by atoms with van der Waals surface area (Å²) < 4.78 is 12.9. The lowest BCUT2D eigenvalue weighted by Crippen LogP contribution is -2.53. The molecule has 1 heterocycles. The van der Waals surface area contributed by atoms with Gasteiger partial charge in [0.25, 0.3) is 5.91 Å². The van der Waals surface area contributed by atoms with E-state index in [9.17, 15) is 9.59 Å². The lowest BCUT2D eigenvalue weighted by molar-refractivity contribution is -0.150. The van der Waals surface area contributed by atoms with E-state index in [4.69, 9.17) is 9.47 Å². The third-order valence-electron chi connectivity index (χ3n) is 12.4. The average molecular weight is 561 g/mol. The number of amides is 1. The Morgan fingerprint density at radius 1 is 1.12 bits per heavy atom. The third-order valence-corrected chi connectivity index (χ3v) is 12.4. The molecule has 6 rings (SSSR count).